The molecule has 17 heavy (non-hydrogen) atoms. The van der Waals surface area contributed by atoms with E-state index in [1.165, 1.54) is 6.33 Å². The molecule has 2 rings (SSSR count). The molecule has 0 aliphatic heterocycles. The molecule has 88 valence electrons. The third kappa shape index (κ3) is 3.39. The number of alkyl halides is 1. The predicted molar refractivity (Wildman–Crippen MR) is 68.0 cm³/mol. The van der Waals surface area contributed by atoms with Crippen LogP contribution in [-0.4, -0.2) is 26.0 Å². The van der Waals surface area contributed by atoms with E-state index in [9.17, 15) is 4.79 Å². The fourth-order valence-corrected chi connectivity index (χ4v) is 1.58. The van der Waals surface area contributed by atoms with Crippen molar-refractivity contribution in [3.8, 4) is 0 Å². The van der Waals surface area contributed by atoms with E-state index in [-0.39, 0.29) is 5.91 Å². The van der Waals surface area contributed by atoms with E-state index in [1.807, 2.05) is 24.3 Å². The molecule has 0 aliphatic carbocycles. The molecule has 0 saturated carbocycles. The van der Waals surface area contributed by atoms with Gasteiger partial charge in [-0.1, -0.05) is 28.1 Å². The summed E-state index contributed by atoms with van der Waals surface area (Å²) < 4.78 is 1.73. The highest BCUT2D eigenvalue weighted by molar-refractivity contribution is 9.09. The van der Waals surface area contributed by atoms with Crippen molar-refractivity contribution >= 4 is 27.5 Å². The molecule has 1 aromatic heterocycles. The Labute approximate surface area is 107 Å². The van der Waals surface area contributed by atoms with E-state index in [0.29, 0.717) is 11.9 Å². The van der Waals surface area contributed by atoms with Gasteiger partial charge in [0.25, 0.3) is 0 Å². The summed E-state index contributed by atoms with van der Waals surface area (Å²) in [6.45, 7) is 0.637. The SMILES string of the molecule is O=C(CBr)Nc1cccc(Cn2cncn2)c1. The van der Waals surface area contributed by atoms with Crippen molar-refractivity contribution in [2.24, 2.45) is 0 Å². The molecule has 1 heterocycles. The summed E-state index contributed by atoms with van der Waals surface area (Å²) in [5, 5.41) is 7.10. The average molecular weight is 295 g/mol. The van der Waals surface area contributed by atoms with Gasteiger partial charge in [0.05, 0.1) is 11.9 Å². The van der Waals surface area contributed by atoms with E-state index in [2.05, 4.69) is 31.3 Å². The summed E-state index contributed by atoms with van der Waals surface area (Å²) in [5.41, 5.74) is 1.84. The van der Waals surface area contributed by atoms with Crippen LogP contribution < -0.4 is 5.32 Å². The molecule has 5 nitrogen and oxygen atoms in total. The first-order valence-electron chi connectivity index (χ1n) is 5.05. The number of aromatic nitrogens is 3. The lowest BCUT2D eigenvalue weighted by Crippen LogP contribution is -2.12. The zero-order chi connectivity index (χ0) is 12.1. The van der Waals surface area contributed by atoms with Crippen molar-refractivity contribution in [1.82, 2.24) is 14.8 Å². The molecule has 1 amide bonds. The molecular formula is C11H11BrN4O. The summed E-state index contributed by atoms with van der Waals surface area (Å²) in [7, 11) is 0. The number of halogens is 1. The number of anilines is 1. The van der Waals surface area contributed by atoms with Crippen LogP contribution in [0.25, 0.3) is 0 Å². The Hall–Kier alpha value is -1.69. The van der Waals surface area contributed by atoms with Gasteiger partial charge < -0.3 is 5.32 Å². The number of hydrogen-bond donors (Lipinski definition) is 1. The predicted octanol–water partition coefficient (Wildman–Crippen LogP) is 1.66. The summed E-state index contributed by atoms with van der Waals surface area (Å²) in [6.07, 6.45) is 3.15. The molecule has 0 aliphatic rings. The highest BCUT2D eigenvalue weighted by Crippen LogP contribution is 2.11. The van der Waals surface area contributed by atoms with Gasteiger partial charge in [-0.2, -0.15) is 5.10 Å². The van der Waals surface area contributed by atoms with Crippen LogP contribution in [0.15, 0.2) is 36.9 Å². The number of carbonyl (C=O) groups is 1. The minimum absolute atomic E-state index is 0.0668. The third-order valence-electron chi connectivity index (χ3n) is 2.14. The summed E-state index contributed by atoms with van der Waals surface area (Å²) in [5.74, 6) is -0.0668. The Morgan fingerprint density at radius 1 is 1.47 bits per heavy atom. The Kier molecular flexibility index (Phi) is 3.87. The van der Waals surface area contributed by atoms with Crippen LogP contribution in [0.2, 0.25) is 0 Å². The lowest BCUT2D eigenvalue weighted by atomic mass is 10.2. The Balaban J connectivity index is 2.08. The van der Waals surface area contributed by atoms with Crippen molar-refractivity contribution in [2.75, 3.05) is 10.6 Å². The van der Waals surface area contributed by atoms with Gasteiger partial charge >= 0.3 is 0 Å². The zero-order valence-corrected chi connectivity index (χ0v) is 10.6. The Morgan fingerprint density at radius 2 is 2.35 bits per heavy atom. The molecule has 2 aromatic rings. The summed E-state index contributed by atoms with van der Waals surface area (Å²) in [6, 6.07) is 7.65. The molecule has 0 fully saturated rings. The van der Waals surface area contributed by atoms with Gasteiger partial charge in [-0.3, -0.25) is 4.79 Å². The first-order valence-corrected chi connectivity index (χ1v) is 6.17. The van der Waals surface area contributed by atoms with Crippen LogP contribution in [0.5, 0.6) is 0 Å². The number of nitrogens with zero attached hydrogens (tertiary/aromatic N) is 3. The van der Waals surface area contributed by atoms with Crippen molar-refractivity contribution < 1.29 is 4.79 Å². The second-order valence-corrected chi connectivity index (χ2v) is 4.04. The van der Waals surface area contributed by atoms with E-state index in [0.717, 1.165) is 11.3 Å². The van der Waals surface area contributed by atoms with Gasteiger partial charge in [0, 0.05) is 5.69 Å². The molecule has 0 unspecified atom stereocenters. The molecule has 0 bridgehead atoms. The standard InChI is InChI=1S/C11H11BrN4O/c12-5-11(17)15-10-3-1-2-9(4-10)6-16-8-13-7-14-16/h1-4,7-8H,5-6H2,(H,15,17). The van der Waals surface area contributed by atoms with Crippen molar-refractivity contribution in [3.63, 3.8) is 0 Å². The number of nitrogens with one attached hydrogen (secondary N) is 1. The maximum Gasteiger partial charge on any atom is 0.235 e. The van der Waals surface area contributed by atoms with E-state index in [1.54, 1.807) is 11.0 Å². The lowest BCUT2D eigenvalue weighted by Gasteiger charge is -2.06. The normalized spacial score (nSPS) is 10.2. The maximum atomic E-state index is 11.2. The zero-order valence-electron chi connectivity index (χ0n) is 9.01. The number of carbonyl (C=O) groups excluding carboxylic acids is 1. The Morgan fingerprint density at radius 3 is 3.06 bits per heavy atom. The van der Waals surface area contributed by atoms with Crippen molar-refractivity contribution in [1.29, 1.82) is 0 Å². The monoisotopic (exact) mass is 294 g/mol. The van der Waals surface area contributed by atoms with Gasteiger partial charge in [-0.05, 0) is 17.7 Å². The molecule has 1 N–H and O–H groups in total. The van der Waals surface area contributed by atoms with E-state index in [4.69, 9.17) is 0 Å². The van der Waals surface area contributed by atoms with E-state index >= 15 is 0 Å². The smallest absolute Gasteiger partial charge is 0.235 e. The van der Waals surface area contributed by atoms with Crippen LogP contribution in [0.4, 0.5) is 5.69 Å². The number of amides is 1. The molecule has 1 aromatic carbocycles. The van der Waals surface area contributed by atoms with Gasteiger partial charge in [0.15, 0.2) is 0 Å². The third-order valence-corrected chi connectivity index (χ3v) is 2.65. The van der Waals surface area contributed by atoms with Crippen LogP contribution >= 0.6 is 15.9 Å². The fourth-order valence-electron chi connectivity index (χ4n) is 1.44. The molecule has 0 radical (unpaired) electrons. The van der Waals surface area contributed by atoms with Crippen molar-refractivity contribution in [3.05, 3.63) is 42.5 Å². The molecule has 0 atom stereocenters. The highest BCUT2D eigenvalue weighted by atomic mass is 79.9. The number of rotatable bonds is 4. The molecule has 0 spiro atoms. The quantitative estimate of drug-likeness (QED) is 0.873. The van der Waals surface area contributed by atoms with Crippen LogP contribution in [0, 0.1) is 0 Å². The maximum absolute atomic E-state index is 11.2. The highest BCUT2D eigenvalue weighted by Gasteiger charge is 2.01. The summed E-state index contributed by atoms with van der Waals surface area (Å²) >= 11 is 3.10. The largest absolute Gasteiger partial charge is 0.325 e. The van der Waals surface area contributed by atoms with Gasteiger partial charge in [-0.25, -0.2) is 9.67 Å². The Bertz CT molecular complexity index is 498. The second kappa shape index (κ2) is 5.58. The number of benzene rings is 1. The van der Waals surface area contributed by atoms with Crippen LogP contribution in [0.3, 0.4) is 0 Å². The molecule has 6 heteroatoms. The lowest BCUT2D eigenvalue weighted by molar-refractivity contribution is -0.113. The molecule has 0 saturated heterocycles. The first kappa shape index (κ1) is 11.8. The van der Waals surface area contributed by atoms with Gasteiger partial charge in [0.2, 0.25) is 5.91 Å². The van der Waals surface area contributed by atoms with Gasteiger partial charge in [-0.15, -0.1) is 0 Å². The first-order chi connectivity index (χ1) is 8.28. The summed E-state index contributed by atoms with van der Waals surface area (Å²) in [4.78, 5) is 15.1. The average Bonchev–Trinajstić information content (AvgIpc) is 2.82. The minimum Gasteiger partial charge on any atom is -0.325 e. The van der Waals surface area contributed by atoms with Crippen LogP contribution in [0.1, 0.15) is 5.56 Å². The van der Waals surface area contributed by atoms with Crippen LogP contribution in [-0.2, 0) is 11.3 Å². The second-order valence-electron chi connectivity index (χ2n) is 3.48. The number of hydrogen-bond acceptors (Lipinski definition) is 3. The minimum atomic E-state index is -0.0668. The van der Waals surface area contributed by atoms with Crippen molar-refractivity contribution in [2.45, 2.75) is 6.54 Å². The van der Waals surface area contributed by atoms with Gasteiger partial charge in [0.1, 0.15) is 12.7 Å². The topological polar surface area (TPSA) is 59.8 Å². The fraction of sp³-hybridized carbons (Fsp3) is 0.182. The molecular weight excluding hydrogens is 284 g/mol. The van der Waals surface area contributed by atoms with E-state index < -0.39 is 0 Å².